The molecule has 1 rings (SSSR count). The van der Waals surface area contributed by atoms with Crippen LogP contribution in [0.25, 0.3) is 0 Å². The van der Waals surface area contributed by atoms with Gasteiger partial charge in [-0.05, 0) is 36.3 Å². The van der Waals surface area contributed by atoms with E-state index in [-0.39, 0.29) is 6.10 Å². The fourth-order valence-corrected chi connectivity index (χ4v) is 2.44. The smallest absolute Gasteiger partial charge is 0.0667 e. The highest BCUT2D eigenvalue weighted by Gasteiger charge is 2.06. The molecule has 0 bridgehead atoms. The third-order valence-electron chi connectivity index (χ3n) is 2.38. The fourth-order valence-electron chi connectivity index (χ4n) is 1.56. The van der Waals surface area contributed by atoms with Crippen LogP contribution in [0.15, 0.2) is 11.4 Å². The second kappa shape index (κ2) is 6.26. The summed E-state index contributed by atoms with van der Waals surface area (Å²) in [6.45, 7) is 7.95. The molecule has 0 spiro atoms. The van der Waals surface area contributed by atoms with Gasteiger partial charge >= 0.3 is 0 Å². The van der Waals surface area contributed by atoms with Gasteiger partial charge < -0.3 is 10.4 Å². The molecule has 0 aliphatic carbocycles. The lowest BCUT2D eigenvalue weighted by atomic mass is 10.1. The van der Waals surface area contributed by atoms with Crippen LogP contribution in [0, 0.1) is 12.8 Å². The zero-order chi connectivity index (χ0) is 11.3. The predicted molar refractivity (Wildman–Crippen MR) is 66.2 cm³/mol. The number of aliphatic hydroxyl groups excluding tert-OH is 1. The summed E-state index contributed by atoms with van der Waals surface area (Å²) in [5.74, 6) is 0.560. The van der Waals surface area contributed by atoms with Crippen LogP contribution in [-0.2, 0) is 6.54 Å². The number of hydrogen-bond acceptors (Lipinski definition) is 3. The normalized spacial score (nSPS) is 13.4. The fraction of sp³-hybridized carbons (Fsp3) is 0.667. The molecule has 1 atom stereocenters. The van der Waals surface area contributed by atoms with Gasteiger partial charge in [-0.25, -0.2) is 0 Å². The molecule has 2 nitrogen and oxygen atoms in total. The Morgan fingerprint density at radius 3 is 2.73 bits per heavy atom. The van der Waals surface area contributed by atoms with Crippen molar-refractivity contribution in [1.82, 2.24) is 5.32 Å². The molecular weight excluding hydrogens is 206 g/mol. The van der Waals surface area contributed by atoms with E-state index in [0.29, 0.717) is 12.5 Å². The van der Waals surface area contributed by atoms with E-state index in [0.717, 1.165) is 13.0 Å². The Morgan fingerprint density at radius 2 is 2.20 bits per heavy atom. The first kappa shape index (κ1) is 12.7. The van der Waals surface area contributed by atoms with Gasteiger partial charge in [0.15, 0.2) is 0 Å². The summed E-state index contributed by atoms with van der Waals surface area (Å²) in [5, 5.41) is 15.1. The third kappa shape index (κ3) is 4.78. The predicted octanol–water partition coefficient (Wildman–Crippen LogP) is 2.55. The number of aryl methyl sites for hydroxylation is 1. The SMILES string of the molecule is Cc1ccsc1CNCC(O)CC(C)C. The van der Waals surface area contributed by atoms with Gasteiger partial charge in [-0.15, -0.1) is 11.3 Å². The van der Waals surface area contributed by atoms with Gasteiger partial charge in [0.2, 0.25) is 0 Å². The Balaban J connectivity index is 2.19. The van der Waals surface area contributed by atoms with Gasteiger partial charge in [0.1, 0.15) is 0 Å². The largest absolute Gasteiger partial charge is 0.392 e. The molecule has 0 saturated carbocycles. The first-order valence-corrected chi connectivity index (χ1v) is 6.39. The van der Waals surface area contributed by atoms with Crippen LogP contribution in [0.1, 0.15) is 30.7 Å². The number of hydrogen-bond donors (Lipinski definition) is 2. The quantitative estimate of drug-likeness (QED) is 0.783. The van der Waals surface area contributed by atoms with Crippen molar-refractivity contribution < 1.29 is 5.11 Å². The van der Waals surface area contributed by atoms with Crippen molar-refractivity contribution in [2.24, 2.45) is 5.92 Å². The minimum Gasteiger partial charge on any atom is -0.392 e. The van der Waals surface area contributed by atoms with Crippen LogP contribution < -0.4 is 5.32 Å². The number of rotatable bonds is 6. The first-order chi connectivity index (χ1) is 7.09. The van der Waals surface area contributed by atoms with Crippen LogP contribution in [0.5, 0.6) is 0 Å². The van der Waals surface area contributed by atoms with E-state index in [2.05, 4.69) is 37.5 Å². The standard InChI is InChI=1S/C12H21NOS/c1-9(2)6-11(14)7-13-8-12-10(3)4-5-15-12/h4-5,9,11,13-14H,6-8H2,1-3H3. The zero-order valence-electron chi connectivity index (χ0n) is 9.79. The monoisotopic (exact) mass is 227 g/mol. The summed E-state index contributed by atoms with van der Waals surface area (Å²) in [4.78, 5) is 1.37. The summed E-state index contributed by atoms with van der Waals surface area (Å²) in [5.41, 5.74) is 1.34. The van der Waals surface area contributed by atoms with Crippen molar-refractivity contribution in [2.75, 3.05) is 6.54 Å². The van der Waals surface area contributed by atoms with Crippen LogP contribution in [-0.4, -0.2) is 17.8 Å². The van der Waals surface area contributed by atoms with E-state index in [1.807, 2.05) is 0 Å². The summed E-state index contributed by atoms with van der Waals surface area (Å²) >= 11 is 1.77. The van der Waals surface area contributed by atoms with Gasteiger partial charge in [-0.2, -0.15) is 0 Å². The average molecular weight is 227 g/mol. The minimum atomic E-state index is -0.217. The average Bonchev–Trinajstić information content (AvgIpc) is 2.50. The second-order valence-electron chi connectivity index (χ2n) is 4.44. The molecule has 0 aromatic carbocycles. The molecule has 1 heterocycles. The summed E-state index contributed by atoms with van der Waals surface area (Å²) in [6, 6.07) is 2.13. The molecule has 1 unspecified atom stereocenters. The number of aliphatic hydroxyl groups is 1. The van der Waals surface area contributed by atoms with E-state index >= 15 is 0 Å². The zero-order valence-corrected chi connectivity index (χ0v) is 10.6. The van der Waals surface area contributed by atoms with E-state index in [9.17, 15) is 5.11 Å². The molecule has 1 aromatic heterocycles. The molecule has 15 heavy (non-hydrogen) atoms. The van der Waals surface area contributed by atoms with Gasteiger partial charge in [0, 0.05) is 18.0 Å². The van der Waals surface area contributed by atoms with E-state index in [1.54, 1.807) is 11.3 Å². The maximum atomic E-state index is 9.66. The lowest BCUT2D eigenvalue weighted by Crippen LogP contribution is -2.27. The van der Waals surface area contributed by atoms with Crippen LogP contribution in [0.3, 0.4) is 0 Å². The topological polar surface area (TPSA) is 32.3 Å². The third-order valence-corrected chi connectivity index (χ3v) is 3.40. The van der Waals surface area contributed by atoms with Gasteiger partial charge in [-0.3, -0.25) is 0 Å². The summed E-state index contributed by atoms with van der Waals surface area (Å²) in [7, 11) is 0. The number of thiophene rings is 1. The molecule has 0 aliphatic heterocycles. The van der Waals surface area contributed by atoms with Crippen molar-refractivity contribution in [1.29, 1.82) is 0 Å². The lowest BCUT2D eigenvalue weighted by molar-refractivity contribution is 0.146. The maximum absolute atomic E-state index is 9.66. The van der Waals surface area contributed by atoms with E-state index < -0.39 is 0 Å². The molecule has 3 heteroatoms. The molecule has 1 aromatic rings. The molecule has 0 fully saturated rings. The molecule has 0 saturated heterocycles. The molecule has 2 N–H and O–H groups in total. The second-order valence-corrected chi connectivity index (χ2v) is 5.44. The van der Waals surface area contributed by atoms with E-state index in [4.69, 9.17) is 0 Å². The Bertz CT molecular complexity index is 283. The maximum Gasteiger partial charge on any atom is 0.0667 e. The first-order valence-electron chi connectivity index (χ1n) is 5.51. The molecule has 0 aliphatic rings. The van der Waals surface area contributed by atoms with Gasteiger partial charge in [0.05, 0.1) is 6.10 Å². The minimum absolute atomic E-state index is 0.217. The van der Waals surface area contributed by atoms with Crippen molar-refractivity contribution in [3.8, 4) is 0 Å². The van der Waals surface area contributed by atoms with Gasteiger partial charge in [0.25, 0.3) is 0 Å². The highest BCUT2D eigenvalue weighted by Crippen LogP contribution is 2.14. The summed E-state index contributed by atoms with van der Waals surface area (Å²) < 4.78 is 0. The van der Waals surface area contributed by atoms with Crippen molar-refractivity contribution in [3.05, 3.63) is 21.9 Å². The molecular formula is C12H21NOS. The Kier molecular flexibility index (Phi) is 5.29. The van der Waals surface area contributed by atoms with Crippen LogP contribution in [0.4, 0.5) is 0 Å². The lowest BCUT2D eigenvalue weighted by Gasteiger charge is -2.13. The Hall–Kier alpha value is -0.380. The van der Waals surface area contributed by atoms with Crippen molar-refractivity contribution in [3.63, 3.8) is 0 Å². The molecule has 0 amide bonds. The Morgan fingerprint density at radius 1 is 1.47 bits per heavy atom. The Labute approximate surface area is 96.3 Å². The van der Waals surface area contributed by atoms with Crippen LogP contribution >= 0.6 is 11.3 Å². The van der Waals surface area contributed by atoms with Crippen LogP contribution in [0.2, 0.25) is 0 Å². The van der Waals surface area contributed by atoms with Crippen molar-refractivity contribution in [2.45, 2.75) is 39.8 Å². The molecule has 0 radical (unpaired) electrons. The molecule has 86 valence electrons. The van der Waals surface area contributed by atoms with E-state index in [1.165, 1.54) is 10.4 Å². The van der Waals surface area contributed by atoms with Crippen molar-refractivity contribution >= 4 is 11.3 Å². The number of nitrogens with one attached hydrogen (secondary N) is 1. The highest BCUT2D eigenvalue weighted by molar-refractivity contribution is 7.10. The highest BCUT2D eigenvalue weighted by atomic mass is 32.1. The summed E-state index contributed by atoms with van der Waals surface area (Å²) in [6.07, 6.45) is 0.654. The van der Waals surface area contributed by atoms with Gasteiger partial charge in [-0.1, -0.05) is 13.8 Å².